The van der Waals surface area contributed by atoms with Gasteiger partial charge in [0, 0.05) is 13.1 Å². The molecule has 0 bridgehead atoms. The normalized spacial score (nSPS) is 12.5. The average Bonchev–Trinajstić information content (AvgIpc) is 2.35. The van der Waals surface area contributed by atoms with Crippen LogP contribution in [0.4, 0.5) is 5.69 Å². The van der Waals surface area contributed by atoms with Crippen molar-refractivity contribution in [1.29, 1.82) is 0 Å². The van der Waals surface area contributed by atoms with Crippen molar-refractivity contribution in [2.24, 2.45) is 0 Å². The van der Waals surface area contributed by atoms with Crippen molar-refractivity contribution < 1.29 is 10.2 Å². The van der Waals surface area contributed by atoms with Crippen LogP contribution in [0.1, 0.15) is 32.1 Å². The lowest BCUT2D eigenvalue weighted by Crippen LogP contribution is -2.26. The van der Waals surface area contributed by atoms with E-state index in [1.165, 1.54) is 0 Å². The lowest BCUT2D eigenvalue weighted by molar-refractivity contribution is 0.169. The molecule has 4 heteroatoms. The highest BCUT2D eigenvalue weighted by Crippen LogP contribution is 2.17. The van der Waals surface area contributed by atoms with Crippen LogP contribution < -0.4 is 4.90 Å². The highest BCUT2D eigenvalue weighted by atomic mass is 16.3. The summed E-state index contributed by atoms with van der Waals surface area (Å²) in [5, 5.41) is 18.5. The molecule has 16 heavy (non-hydrogen) atoms. The Morgan fingerprint density at radius 2 is 2.12 bits per heavy atom. The van der Waals surface area contributed by atoms with Gasteiger partial charge in [0.05, 0.1) is 30.3 Å². The van der Waals surface area contributed by atoms with E-state index in [0.29, 0.717) is 18.7 Å². The summed E-state index contributed by atoms with van der Waals surface area (Å²) in [4.78, 5) is 6.26. The Labute approximate surface area is 96.6 Å². The van der Waals surface area contributed by atoms with E-state index in [1.807, 2.05) is 30.9 Å². The molecule has 2 N–H and O–H groups in total. The molecule has 0 radical (unpaired) electrons. The fraction of sp³-hybridized carbons (Fsp3) is 0.583. The third-order valence-electron chi connectivity index (χ3n) is 2.62. The number of hydrogen-bond acceptors (Lipinski definition) is 4. The molecule has 0 fully saturated rings. The molecular formula is C12H20N2O2. The summed E-state index contributed by atoms with van der Waals surface area (Å²) >= 11 is 0. The van der Waals surface area contributed by atoms with Crippen LogP contribution in [0.25, 0.3) is 0 Å². The van der Waals surface area contributed by atoms with Gasteiger partial charge in [-0.25, -0.2) is 0 Å². The Morgan fingerprint density at radius 3 is 2.56 bits per heavy atom. The Hall–Kier alpha value is -1.13. The van der Waals surface area contributed by atoms with Crippen LogP contribution in [0.3, 0.4) is 0 Å². The van der Waals surface area contributed by atoms with Crippen molar-refractivity contribution in [2.45, 2.75) is 26.4 Å². The summed E-state index contributed by atoms with van der Waals surface area (Å²) in [6, 6.07) is 3.77. The average molecular weight is 224 g/mol. The molecule has 0 unspecified atom stereocenters. The van der Waals surface area contributed by atoms with E-state index in [4.69, 9.17) is 5.11 Å². The van der Waals surface area contributed by atoms with Crippen LogP contribution in [0, 0.1) is 0 Å². The van der Waals surface area contributed by atoms with Crippen molar-refractivity contribution >= 4 is 5.69 Å². The van der Waals surface area contributed by atoms with Gasteiger partial charge in [0.15, 0.2) is 0 Å². The SMILES string of the molecule is CC[C@@H](O)c1ccc(N(CC)CCO)cn1. The van der Waals surface area contributed by atoms with Crippen LogP contribution in [0.15, 0.2) is 18.3 Å². The van der Waals surface area contributed by atoms with Gasteiger partial charge >= 0.3 is 0 Å². The molecule has 0 saturated heterocycles. The third-order valence-corrected chi connectivity index (χ3v) is 2.62. The van der Waals surface area contributed by atoms with Gasteiger partial charge in [0.1, 0.15) is 0 Å². The molecule has 0 saturated carbocycles. The standard InChI is InChI=1S/C12H20N2O2/c1-3-12(16)11-6-5-10(9-13-11)14(4-2)7-8-15/h5-6,9,12,15-16H,3-4,7-8H2,1-2H3/t12-/m1/s1. The fourth-order valence-corrected chi connectivity index (χ4v) is 1.58. The smallest absolute Gasteiger partial charge is 0.0957 e. The Bertz CT molecular complexity index is 300. The topological polar surface area (TPSA) is 56.6 Å². The molecule has 1 heterocycles. The number of pyridine rings is 1. The zero-order valence-corrected chi connectivity index (χ0v) is 9.93. The molecule has 1 aromatic rings. The molecule has 0 spiro atoms. The number of hydrogen-bond donors (Lipinski definition) is 2. The molecule has 0 amide bonds. The van der Waals surface area contributed by atoms with Crippen LogP contribution in [-0.2, 0) is 0 Å². The molecular weight excluding hydrogens is 204 g/mol. The first-order chi connectivity index (χ1) is 7.72. The molecule has 4 nitrogen and oxygen atoms in total. The maximum absolute atomic E-state index is 9.60. The number of rotatable bonds is 6. The number of aliphatic hydroxyl groups excluding tert-OH is 2. The van der Waals surface area contributed by atoms with Crippen molar-refractivity contribution in [1.82, 2.24) is 4.98 Å². The van der Waals surface area contributed by atoms with E-state index in [0.717, 1.165) is 12.2 Å². The van der Waals surface area contributed by atoms with Crippen LogP contribution in [0.5, 0.6) is 0 Å². The second kappa shape index (κ2) is 6.45. The summed E-state index contributed by atoms with van der Waals surface area (Å²) in [5.74, 6) is 0. The summed E-state index contributed by atoms with van der Waals surface area (Å²) in [7, 11) is 0. The summed E-state index contributed by atoms with van der Waals surface area (Å²) in [6.07, 6.45) is 1.93. The maximum atomic E-state index is 9.60. The highest BCUT2D eigenvalue weighted by Gasteiger charge is 2.08. The summed E-state index contributed by atoms with van der Waals surface area (Å²) < 4.78 is 0. The Morgan fingerprint density at radius 1 is 1.38 bits per heavy atom. The van der Waals surface area contributed by atoms with Gasteiger partial charge in [-0.1, -0.05) is 6.92 Å². The van der Waals surface area contributed by atoms with E-state index in [9.17, 15) is 5.11 Å². The van der Waals surface area contributed by atoms with Crippen LogP contribution >= 0.6 is 0 Å². The monoisotopic (exact) mass is 224 g/mol. The lowest BCUT2D eigenvalue weighted by atomic mass is 10.2. The van der Waals surface area contributed by atoms with Gasteiger partial charge in [-0.3, -0.25) is 4.98 Å². The van der Waals surface area contributed by atoms with Crippen LogP contribution in [0.2, 0.25) is 0 Å². The van der Waals surface area contributed by atoms with Gasteiger partial charge in [-0.15, -0.1) is 0 Å². The number of aliphatic hydroxyl groups is 2. The fourth-order valence-electron chi connectivity index (χ4n) is 1.58. The second-order valence-electron chi connectivity index (χ2n) is 3.67. The molecule has 1 rings (SSSR count). The Kier molecular flexibility index (Phi) is 5.22. The van der Waals surface area contributed by atoms with Gasteiger partial charge in [0.25, 0.3) is 0 Å². The van der Waals surface area contributed by atoms with E-state index >= 15 is 0 Å². The van der Waals surface area contributed by atoms with Crippen molar-refractivity contribution in [3.05, 3.63) is 24.0 Å². The van der Waals surface area contributed by atoms with E-state index in [1.54, 1.807) is 6.20 Å². The largest absolute Gasteiger partial charge is 0.395 e. The molecule has 0 aliphatic carbocycles. The number of likely N-dealkylation sites (N-methyl/N-ethyl adjacent to an activating group) is 1. The minimum Gasteiger partial charge on any atom is -0.395 e. The van der Waals surface area contributed by atoms with E-state index in [2.05, 4.69) is 4.98 Å². The molecule has 1 atom stereocenters. The molecule has 90 valence electrons. The quantitative estimate of drug-likeness (QED) is 0.765. The predicted molar refractivity (Wildman–Crippen MR) is 64.5 cm³/mol. The molecule has 0 aromatic carbocycles. The van der Waals surface area contributed by atoms with Crippen LogP contribution in [-0.4, -0.2) is 34.9 Å². The first-order valence-corrected chi connectivity index (χ1v) is 5.72. The predicted octanol–water partition coefficient (Wildman–Crippen LogP) is 1.34. The number of nitrogens with zero attached hydrogens (tertiary/aromatic N) is 2. The third kappa shape index (κ3) is 3.18. The van der Waals surface area contributed by atoms with Crippen molar-refractivity contribution in [3.63, 3.8) is 0 Å². The first kappa shape index (κ1) is 12.9. The molecule has 1 aromatic heterocycles. The lowest BCUT2D eigenvalue weighted by Gasteiger charge is -2.21. The molecule has 0 aliphatic heterocycles. The number of anilines is 1. The molecule has 0 aliphatic rings. The minimum atomic E-state index is -0.484. The zero-order valence-electron chi connectivity index (χ0n) is 9.93. The van der Waals surface area contributed by atoms with Gasteiger partial charge in [-0.05, 0) is 25.5 Å². The maximum Gasteiger partial charge on any atom is 0.0957 e. The first-order valence-electron chi connectivity index (χ1n) is 5.72. The second-order valence-corrected chi connectivity index (χ2v) is 3.67. The van der Waals surface area contributed by atoms with E-state index in [-0.39, 0.29) is 6.61 Å². The van der Waals surface area contributed by atoms with Crippen molar-refractivity contribution in [2.75, 3.05) is 24.6 Å². The van der Waals surface area contributed by atoms with Gasteiger partial charge in [-0.2, -0.15) is 0 Å². The highest BCUT2D eigenvalue weighted by molar-refractivity contribution is 5.44. The van der Waals surface area contributed by atoms with Crippen molar-refractivity contribution in [3.8, 4) is 0 Å². The number of aromatic nitrogens is 1. The van der Waals surface area contributed by atoms with Gasteiger partial charge < -0.3 is 15.1 Å². The zero-order chi connectivity index (χ0) is 12.0. The van der Waals surface area contributed by atoms with E-state index < -0.39 is 6.10 Å². The minimum absolute atomic E-state index is 0.132. The summed E-state index contributed by atoms with van der Waals surface area (Å²) in [5.41, 5.74) is 1.68. The Balaban J connectivity index is 2.76. The summed E-state index contributed by atoms with van der Waals surface area (Å²) in [6.45, 7) is 5.52. The van der Waals surface area contributed by atoms with Gasteiger partial charge in [0.2, 0.25) is 0 Å².